The second kappa shape index (κ2) is 6.47. The van der Waals surface area contributed by atoms with Crippen molar-refractivity contribution in [1.82, 2.24) is 0 Å². The van der Waals surface area contributed by atoms with Gasteiger partial charge in [-0.2, -0.15) is 0 Å². The van der Waals surface area contributed by atoms with Crippen LogP contribution in [-0.2, 0) is 6.54 Å². The summed E-state index contributed by atoms with van der Waals surface area (Å²) in [6.45, 7) is 9.95. The minimum atomic E-state index is 0.703. The van der Waals surface area contributed by atoms with Crippen LogP contribution in [0.15, 0.2) is 36.4 Å². The van der Waals surface area contributed by atoms with E-state index in [0.717, 1.165) is 18.0 Å². The quantitative estimate of drug-likeness (QED) is 0.855. The summed E-state index contributed by atoms with van der Waals surface area (Å²) < 4.78 is 5.51. The van der Waals surface area contributed by atoms with Crippen molar-refractivity contribution in [2.45, 2.75) is 34.2 Å². The summed E-state index contributed by atoms with van der Waals surface area (Å²) in [6, 6.07) is 12.8. The summed E-state index contributed by atoms with van der Waals surface area (Å²) in [4.78, 5) is 0. The third kappa shape index (κ3) is 3.53. The van der Waals surface area contributed by atoms with Gasteiger partial charge < -0.3 is 10.1 Å². The molecule has 1 N–H and O–H groups in total. The van der Waals surface area contributed by atoms with Gasteiger partial charge in [-0.25, -0.2) is 0 Å². The molecule has 20 heavy (non-hydrogen) atoms. The molecule has 0 aliphatic heterocycles. The topological polar surface area (TPSA) is 21.3 Å². The zero-order chi connectivity index (χ0) is 14.5. The molecule has 2 nitrogen and oxygen atoms in total. The van der Waals surface area contributed by atoms with Gasteiger partial charge in [0.25, 0.3) is 0 Å². The third-order valence-corrected chi connectivity index (χ3v) is 3.56. The summed E-state index contributed by atoms with van der Waals surface area (Å²) in [5, 5.41) is 3.49. The van der Waals surface area contributed by atoms with Crippen molar-refractivity contribution in [3.63, 3.8) is 0 Å². The molecule has 106 valence electrons. The molecule has 2 aromatic carbocycles. The van der Waals surface area contributed by atoms with Crippen LogP contribution in [0.4, 0.5) is 5.69 Å². The molecule has 2 aromatic rings. The normalized spacial score (nSPS) is 10.4. The maximum atomic E-state index is 5.51. The Labute approximate surface area is 121 Å². The lowest BCUT2D eigenvalue weighted by molar-refractivity contribution is 0.340. The van der Waals surface area contributed by atoms with E-state index in [0.29, 0.717) is 6.61 Å². The first kappa shape index (κ1) is 14.4. The molecule has 0 aliphatic rings. The van der Waals surface area contributed by atoms with E-state index in [1.54, 1.807) is 0 Å². The van der Waals surface area contributed by atoms with Crippen molar-refractivity contribution in [2.75, 3.05) is 11.9 Å². The fourth-order valence-corrected chi connectivity index (χ4v) is 2.20. The molecule has 0 unspecified atom stereocenters. The number of aryl methyl sites for hydroxylation is 3. The molecule has 2 rings (SSSR count). The number of hydrogen-bond donors (Lipinski definition) is 1. The second-order valence-electron chi connectivity index (χ2n) is 5.18. The van der Waals surface area contributed by atoms with Gasteiger partial charge in [-0.3, -0.25) is 0 Å². The maximum absolute atomic E-state index is 5.51. The fraction of sp³-hybridized carbons (Fsp3) is 0.333. The van der Waals surface area contributed by atoms with E-state index in [2.05, 4.69) is 56.4 Å². The zero-order valence-electron chi connectivity index (χ0n) is 12.8. The highest BCUT2D eigenvalue weighted by Gasteiger charge is 2.01. The first-order valence-corrected chi connectivity index (χ1v) is 7.13. The van der Waals surface area contributed by atoms with Crippen LogP contribution < -0.4 is 10.1 Å². The van der Waals surface area contributed by atoms with E-state index in [-0.39, 0.29) is 0 Å². The monoisotopic (exact) mass is 269 g/mol. The molecule has 0 amide bonds. The predicted molar refractivity (Wildman–Crippen MR) is 85.6 cm³/mol. The molecule has 0 bridgehead atoms. The van der Waals surface area contributed by atoms with Gasteiger partial charge >= 0.3 is 0 Å². The van der Waals surface area contributed by atoms with E-state index in [1.807, 2.05) is 13.0 Å². The summed E-state index contributed by atoms with van der Waals surface area (Å²) in [5.41, 5.74) is 6.35. The van der Waals surface area contributed by atoms with Gasteiger partial charge in [0.15, 0.2) is 0 Å². The van der Waals surface area contributed by atoms with Gasteiger partial charge in [-0.15, -0.1) is 0 Å². The molecule has 0 saturated heterocycles. The molecule has 0 atom stereocenters. The molecule has 0 aromatic heterocycles. The molecule has 0 saturated carbocycles. The van der Waals surface area contributed by atoms with E-state index < -0.39 is 0 Å². The van der Waals surface area contributed by atoms with Crippen molar-refractivity contribution >= 4 is 5.69 Å². The van der Waals surface area contributed by atoms with Crippen LogP contribution in [0.3, 0.4) is 0 Å². The lowest BCUT2D eigenvalue weighted by Gasteiger charge is -2.12. The predicted octanol–water partition coefficient (Wildman–Crippen LogP) is 4.62. The van der Waals surface area contributed by atoms with E-state index in [9.17, 15) is 0 Å². The van der Waals surface area contributed by atoms with Gasteiger partial charge in [0.1, 0.15) is 5.75 Å². The van der Waals surface area contributed by atoms with Gasteiger partial charge in [0.05, 0.1) is 6.61 Å². The Hall–Kier alpha value is -1.96. The Morgan fingerprint density at radius 1 is 0.900 bits per heavy atom. The average Bonchev–Trinajstić information content (AvgIpc) is 2.42. The van der Waals surface area contributed by atoms with Crippen LogP contribution in [0.2, 0.25) is 0 Å². The molecule has 0 aliphatic carbocycles. The molecule has 0 heterocycles. The van der Waals surface area contributed by atoms with Gasteiger partial charge in [-0.1, -0.05) is 18.2 Å². The highest BCUT2D eigenvalue weighted by molar-refractivity contribution is 5.54. The molecular formula is C18H23NO. The lowest BCUT2D eigenvalue weighted by Crippen LogP contribution is -2.02. The van der Waals surface area contributed by atoms with Crippen molar-refractivity contribution < 1.29 is 4.74 Å². The van der Waals surface area contributed by atoms with Crippen molar-refractivity contribution in [1.29, 1.82) is 0 Å². The maximum Gasteiger partial charge on any atom is 0.119 e. The highest BCUT2D eigenvalue weighted by Crippen LogP contribution is 2.22. The SMILES string of the molecule is CCOc1ccc(NCc2ccc(C)c(C)c2)c(C)c1. The smallest absolute Gasteiger partial charge is 0.119 e. The highest BCUT2D eigenvalue weighted by atomic mass is 16.5. The molecule has 0 radical (unpaired) electrons. The largest absolute Gasteiger partial charge is 0.494 e. The fourth-order valence-electron chi connectivity index (χ4n) is 2.20. The molecule has 0 spiro atoms. The van der Waals surface area contributed by atoms with Crippen molar-refractivity contribution in [2.24, 2.45) is 0 Å². The minimum Gasteiger partial charge on any atom is -0.494 e. The van der Waals surface area contributed by atoms with Crippen LogP contribution in [-0.4, -0.2) is 6.61 Å². The van der Waals surface area contributed by atoms with Crippen LogP contribution in [0, 0.1) is 20.8 Å². The summed E-state index contributed by atoms with van der Waals surface area (Å²) in [6.07, 6.45) is 0. The Kier molecular flexibility index (Phi) is 4.67. The number of benzene rings is 2. The number of hydrogen-bond acceptors (Lipinski definition) is 2. The third-order valence-electron chi connectivity index (χ3n) is 3.56. The molecule has 2 heteroatoms. The Morgan fingerprint density at radius 2 is 1.70 bits per heavy atom. The number of rotatable bonds is 5. The van der Waals surface area contributed by atoms with Gasteiger partial charge in [0, 0.05) is 12.2 Å². The van der Waals surface area contributed by atoms with E-state index >= 15 is 0 Å². The first-order chi connectivity index (χ1) is 9.60. The second-order valence-corrected chi connectivity index (χ2v) is 5.18. The molecule has 0 fully saturated rings. The molecular weight excluding hydrogens is 246 g/mol. The van der Waals surface area contributed by atoms with Gasteiger partial charge in [0.2, 0.25) is 0 Å². The van der Waals surface area contributed by atoms with E-state index in [4.69, 9.17) is 4.74 Å². The summed E-state index contributed by atoms with van der Waals surface area (Å²) in [5.74, 6) is 0.932. The standard InChI is InChI=1S/C18H23NO/c1-5-20-17-8-9-18(15(4)11-17)19-12-16-7-6-13(2)14(3)10-16/h6-11,19H,5,12H2,1-4H3. The number of anilines is 1. The van der Waals surface area contributed by atoms with Gasteiger partial charge in [-0.05, 0) is 68.1 Å². The Morgan fingerprint density at radius 3 is 2.35 bits per heavy atom. The van der Waals surface area contributed by atoms with Crippen LogP contribution in [0.5, 0.6) is 5.75 Å². The zero-order valence-corrected chi connectivity index (χ0v) is 12.8. The Bertz CT molecular complexity index is 590. The van der Waals surface area contributed by atoms with E-state index in [1.165, 1.54) is 22.3 Å². The van der Waals surface area contributed by atoms with Crippen molar-refractivity contribution in [3.8, 4) is 5.75 Å². The van der Waals surface area contributed by atoms with Crippen LogP contribution in [0.25, 0.3) is 0 Å². The van der Waals surface area contributed by atoms with Crippen LogP contribution >= 0.6 is 0 Å². The summed E-state index contributed by atoms with van der Waals surface area (Å²) >= 11 is 0. The Balaban J connectivity index is 2.05. The average molecular weight is 269 g/mol. The first-order valence-electron chi connectivity index (χ1n) is 7.13. The number of nitrogens with one attached hydrogen (secondary N) is 1. The minimum absolute atomic E-state index is 0.703. The number of ether oxygens (including phenoxy) is 1. The lowest BCUT2D eigenvalue weighted by atomic mass is 10.1. The van der Waals surface area contributed by atoms with Crippen LogP contribution in [0.1, 0.15) is 29.2 Å². The summed E-state index contributed by atoms with van der Waals surface area (Å²) in [7, 11) is 0. The van der Waals surface area contributed by atoms with Crippen molar-refractivity contribution in [3.05, 3.63) is 58.7 Å².